The van der Waals surface area contributed by atoms with Crippen LogP contribution < -0.4 is 5.73 Å². The minimum absolute atomic E-state index is 0.0695. The van der Waals surface area contributed by atoms with Crippen LogP contribution in [0.5, 0.6) is 0 Å². The lowest BCUT2D eigenvalue weighted by Crippen LogP contribution is -2.28. The highest BCUT2D eigenvalue weighted by molar-refractivity contribution is 5.74. The van der Waals surface area contributed by atoms with E-state index in [9.17, 15) is 14.9 Å². The molecule has 0 aliphatic heterocycles. The molecule has 0 saturated heterocycles. The van der Waals surface area contributed by atoms with Gasteiger partial charge in [-0.1, -0.05) is 12.1 Å². The Balaban J connectivity index is 2.74. The molecular formula is C10H12N2O4. The maximum atomic E-state index is 11.1. The molecule has 0 bridgehead atoms. The van der Waals surface area contributed by atoms with Crippen molar-refractivity contribution in [2.45, 2.75) is 19.6 Å². The van der Waals surface area contributed by atoms with Crippen LogP contribution in [0.4, 0.5) is 5.69 Å². The van der Waals surface area contributed by atoms with Crippen LogP contribution in [0.15, 0.2) is 24.3 Å². The third-order valence-corrected chi connectivity index (χ3v) is 1.93. The Morgan fingerprint density at radius 1 is 1.56 bits per heavy atom. The summed E-state index contributed by atoms with van der Waals surface area (Å²) in [6.45, 7) is 1.35. The largest absolute Gasteiger partial charge is 0.459 e. The summed E-state index contributed by atoms with van der Waals surface area (Å²) in [6.07, 6.45) is 0. The summed E-state index contributed by atoms with van der Waals surface area (Å²) in [5.41, 5.74) is 5.57. The number of ether oxygens (including phenoxy) is 1. The second-order valence-corrected chi connectivity index (χ2v) is 3.28. The minimum Gasteiger partial charge on any atom is -0.459 e. The van der Waals surface area contributed by atoms with Crippen LogP contribution >= 0.6 is 0 Å². The molecule has 0 aliphatic carbocycles. The van der Waals surface area contributed by atoms with Gasteiger partial charge in [-0.05, 0) is 13.0 Å². The van der Waals surface area contributed by atoms with Gasteiger partial charge in [-0.3, -0.25) is 14.9 Å². The third-order valence-electron chi connectivity index (χ3n) is 1.93. The molecule has 0 radical (unpaired) electrons. The zero-order valence-electron chi connectivity index (χ0n) is 8.75. The van der Waals surface area contributed by atoms with Crippen LogP contribution in [-0.2, 0) is 16.1 Å². The first-order valence-electron chi connectivity index (χ1n) is 4.67. The molecule has 0 unspecified atom stereocenters. The SMILES string of the molecule is C[C@H](N)C(=O)OCc1ccccc1[N+](=O)[O-]. The smallest absolute Gasteiger partial charge is 0.322 e. The Kier molecular flexibility index (Phi) is 3.96. The Morgan fingerprint density at radius 2 is 2.19 bits per heavy atom. The number of esters is 1. The molecule has 0 amide bonds. The molecule has 0 fully saturated rings. The number of rotatable bonds is 4. The van der Waals surface area contributed by atoms with Crippen molar-refractivity contribution in [3.8, 4) is 0 Å². The molecule has 0 heterocycles. The molecule has 86 valence electrons. The molecule has 0 aliphatic rings. The van der Waals surface area contributed by atoms with Gasteiger partial charge in [0.15, 0.2) is 0 Å². The van der Waals surface area contributed by atoms with E-state index in [1.165, 1.54) is 19.1 Å². The van der Waals surface area contributed by atoms with Crippen LogP contribution in [0.25, 0.3) is 0 Å². The molecule has 0 saturated carbocycles. The summed E-state index contributed by atoms with van der Waals surface area (Å²) in [6, 6.07) is 5.35. The van der Waals surface area contributed by atoms with Crippen molar-refractivity contribution in [1.29, 1.82) is 0 Å². The normalized spacial score (nSPS) is 11.9. The molecule has 1 aromatic carbocycles. The van der Waals surface area contributed by atoms with Crippen molar-refractivity contribution < 1.29 is 14.5 Å². The minimum atomic E-state index is -0.734. The van der Waals surface area contributed by atoms with Gasteiger partial charge in [0.2, 0.25) is 0 Å². The molecular weight excluding hydrogens is 212 g/mol. The third kappa shape index (κ3) is 3.03. The van der Waals surface area contributed by atoms with Gasteiger partial charge in [0.05, 0.1) is 10.5 Å². The molecule has 0 aromatic heterocycles. The summed E-state index contributed by atoms with van der Waals surface area (Å²) in [7, 11) is 0. The fourth-order valence-corrected chi connectivity index (χ4v) is 1.09. The second-order valence-electron chi connectivity index (χ2n) is 3.28. The average molecular weight is 224 g/mol. The highest BCUT2D eigenvalue weighted by Gasteiger charge is 2.15. The Bertz CT molecular complexity index is 404. The molecule has 6 heteroatoms. The zero-order valence-corrected chi connectivity index (χ0v) is 8.75. The lowest BCUT2D eigenvalue weighted by atomic mass is 10.2. The molecule has 1 atom stereocenters. The average Bonchev–Trinajstić information content (AvgIpc) is 2.25. The number of carbonyl (C=O) groups excluding carboxylic acids is 1. The van der Waals surface area contributed by atoms with Gasteiger partial charge >= 0.3 is 5.97 Å². The summed E-state index contributed by atoms with van der Waals surface area (Å²) >= 11 is 0. The zero-order chi connectivity index (χ0) is 12.1. The predicted octanol–water partition coefficient (Wildman–Crippen LogP) is 0.985. The summed E-state index contributed by atoms with van der Waals surface area (Å²) in [5.74, 6) is -0.585. The van der Waals surface area contributed by atoms with Crippen LogP contribution in [0.3, 0.4) is 0 Å². The number of nitro benzene ring substituents is 1. The highest BCUT2D eigenvalue weighted by Crippen LogP contribution is 2.18. The fraction of sp³-hybridized carbons (Fsp3) is 0.300. The quantitative estimate of drug-likeness (QED) is 0.467. The van der Waals surface area contributed by atoms with E-state index in [1.54, 1.807) is 12.1 Å². The highest BCUT2D eigenvalue weighted by atomic mass is 16.6. The molecule has 16 heavy (non-hydrogen) atoms. The molecule has 1 aromatic rings. The van der Waals surface area contributed by atoms with Crippen molar-refractivity contribution in [3.05, 3.63) is 39.9 Å². The molecule has 6 nitrogen and oxygen atoms in total. The van der Waals surface area contributed by atoms with Crippen molar-refractivity contribution in [2.75, 3.05) is 0 Å². The van der Waals surface area contributed by atoms with Crippen LogP contribution in [0.2, 0.25) is 0 Å². The van der Waals surface area contributed by atoms with Gasteiger partial charge < -0.3 is 10.5 Å². The first kappa shape index (κ1) is 12.1. The van der Waals surface area contributed by atoms with Gasteiger partial charge in [-0.2, -0.15) is 0 Å². The van der Waals surface area contributed by atoms with E-state index >= 15 is 0 Å². The topological polar surface area (TPSA) is 95.5 Å². The number of nitrogens with two attached hydrogens (primary N) is 1. The number of benzene rings is 1. The fourth-order valence-electron chi connectivity index (χ4n) is 1.09. The van der Waals surface area contributed by atoms with Crippen molar-refractivity contribution in [1.82, 2.24) is 0 Å². The standard InChI is InChI=1S/C10H12N2O4/c1-7(11)10(13)16-6-8-4-2-3-5-9(8)12(14)15/h2-5,7H,6,11H2,1H3/t7-/m0/s1. The van der Waals surface area contributed by atoms with E-state index < -0.39 is 16.9 Å². The van der Waals surface area contributed by atoms with Crippen molar-refractivity contribution in [2.24, 2.45) is 5.73 Å². The number of carbonyl (C=O) groups is 1. The number of hydrogen-bond acceptors (Lipinski definition) is 5. The monoisotopic (exact) mass is 224 g/mol. The van der Waals surface area contributed by atoms with E-state index in [4.69, 9.17) is 10.5 Å². The predicted molar refractivity (Wildman–Crippen MR) is 56.5 cm³/mol. The molecule has 2 N–H and O–H groups in total. The van der Waals surface area contributed by atoms with Crippen LogP contribution in [-0.4, -0.2) is 16.9 Å². The first-order valence-corrected chi connectivity index (χ1v) is 4.67. The van der Waals surface area contributed by atoms with Gasteiger partial charge in [0, 0.05) is 6.07 Å². The molecule has 1 rings (SSSR count). The van der Waals surface area contributed by atoms with Gasteiger partial charge in [0.1, 0.15) is 12.6 Å². The Labute approximate surface area is 92.2 Å². The van der Waals surface area contributed by atoms with Crippen molar-refractivity contribution in [3.63, 3.8) is 0 Å². The van der Waals surface area contributed by atoms with E-state index in [-0.39, 0.29) is 12.3 Å². The lowest BCUT2D eigenvalue weighted by Gasteiger charge is -2.07. The van der Waals surface area contributed by atoms with Crippen LogP contribution in [0, 0.1) is 10.1 Å². The van der Waals surface area contributed by atoms with E-state index in [2.05, 4.69) is 0 Å². The molecule has 0 spiro atoms. The lowest BCUT2D eigenvalue weighted by molar-refractivity contribution is -0.385. The number of hydrogen-bond donors (Lipinski definition) is 1. The maximum absolute atomic E-state index is 11.1. The van der Waals surface area contributed by atoms with Crippen molar-refractivity contribution >= 4 is 11.7 Å². The number of nitrogens with zero attached hydrogens (tertiary/aromatic N) is 1. The van der Waals surface area contributed by atoms with Crippen LogP contribution in [0.1, 0.15) is 12.5 Å². The second kappa shape index (κ2) is 5.22. The Morgan fingerprint density at radius 3 is 2.75 bits per heavy atom. The van der Waals surface area contributed by atoms with Gasteiger partial charge in [0.25, 0.3) is 5.69 Å². The van der Waals surface area contributed by atoms with Gasteiger partial charge in [-0.25, -0.2) is 0 Å². The Hall–Kier alpha value is -1.95. The van der Waals surface area contributed by atoms with E-state index in [0.29, 0.717) is 5.56 Å². The summed E-state index contributed by atoms with van der Waals surface area (Å²) in [4.78, 5) is 21.2. The first-order chi connectivity index (χ1) is 7.52. The van der Waals surface area contributed by atoms with Gasteiger partial charge in [-0.15, -0.1) is 0 Å². The number of nitro groups is 1. The summed E-state index contributed by atoms with van der Waals surface area (Å²) in [5, 5.41) is 10.6. The summed E-state index contributed by atoms with van der Waals surface area (Å²) < 4.78 is 4.81. The van der Waals surface area contributed by atoms with E-state index in [1.807, 2.05) is 0 Å². The van der Waals surface area contributed by atoms with E-state index in [0.717, 1.165) is 0 Å². The number of para-hydroxylation sites is 1. The maximum Gasteiger partial charge on any atom is 0.322 e.